The Kier molecular flexibility index (Phi) is 2.05. The molecule has 0 aliphatic rings. The minimum Gasteiger partial charge on any atom is -0.299 e. The molecule has 0 saturated carbocycles. The van der Waals surface area contributed by atoms with E-state index in [2.05, 4.69) is 6.58 Å². The van der Waals surface area contributed by atoms with E-state index in [0.29, 0.717) is 6.29 Å². The predicted octanol–water partition coefficient (Wildman–Crippen LogP) is 0.371. The molecular formula is C3H4O. The SMILES string of the molecule is C=C[13CH]=O. The van der Waals surface area contributed by atoms with Crippen LogP contribution in [0.1, 0.15) is 0 Å². The Hall–Kier alpha value is -0.590. The van der Waals surface area contributed by atoms with Crippen molar-refractivity contribution in [2.45, 2.75) is 0 Å². The van der Waals surface area contributed by atoms with Gasteiger partial charge in [-0.05, 0) is 6.08 Å². The maximum atomic E-state index is 9.06. The first-order valence-corrected chi connectivity index (χ1v) is 0.977. The van der Waals surface area contributed by atoms with E-state index in [0.717, 1.165) is 0 Å². The van der Waals surface area contributed by atoms with Crippen molar-refractivity contribution in [1.82, 2.24) is 0 Å². The third kappa shape index (κ3) is 1.41. The van der Waals surface area contributed by atoms with Gasteiger partial charge in [0.15, 0.2) is 0 Å². The number of allylic oxidation sites excluding steroid dienone is 1. The number of rotatable bonds is 1. The average Bonchev–Trinajstić information content (AvgIpc) is 1.37. The van der Waals surface area contributed by atoms with E-state index < -0.39 is 0 Å². The first-order valence-electron chi connectivity index (χ1n) is 0.977. The van der Waals surface area contributed by atoms with Gasteiger partial charge in [-0.1, -0.05) is 6.58 Å². The van der Waals surface area contributed by atoms with Crippen LogP contribution in [-0.4, -0.2) is 6.29 Å². The van der Waals surface area contributed by atoms with Crippen molar-refractivity contribution in [2.24, 2.45) is 0 Å². The van der Waals surface area contributed by atoms with Gasteiger partial charge in [-0.2, -0.15) is 0 Å². The molecular weight excluding hydrogens is 53.0 g/mol. The summed E-state index contributed by atoms with van der Waals surface area (Å²) in [5.41, 5.74) is 0. The Bertz CT molecular complexity index is 24.3. The molecule has 0 fully saturated rings. The maximum Gasteiger partial charge on any atom is 0.142 e. The third-order valence-corrected chi connectivity index (χ3v) is 0.0962. The number of hydrogen-bond donors (Lipinski definition) is 0. The topological polar surface area (TPSA) is 17.1 Å². The van der Waals surface area contributed by atoms with E-state index >= 15 is 0 Å². The van der Waals surface area contributed by atoms with Crippen molar-refractivity contribution in [3.63, 3.8) is 0 Å². The second-order valence-corrected chi connectivity index (χ2v) is 0.372. The van der Waals surface area contributed by atoms with Crippen LogP contribution in [-0.2, 0) is 4.79 Å². The lowest BCUT2D eigenvalue weighted by Crippen LogP contribution is -1.44. The van der Waals surface area contributed by atoms with Gasteiger partial charge in [0.25, 0.3) is 0 Å². The van der Waals surface area contributed by atoms with E-state index in [4.69, 9.17) is 4.79 Å². The van der Waals surface area contributed by atoms with Crippen molar-refractivity contribution in [3.05, 3.63) is 12.7 Å². The molecule has 0 amide bonds. The third-order valence-electron chi connectivity index (χ3n) is 0.0962. The van der Waals surface area contributed by atoms with Gasteiger partial charge in [0.2, 0.25) is 0 Å². The molecule has 0 aromatic carbocycles. The van der Waals surface area contributed by atoms with Crippen LogP contribution in [0.5, 0.6) is 0 Å². The standard InChI is InChI=1S/C3H4O/c1-2-3-4/h2-3H,1H2/i3+1. The Balaban J connectivity index is 2.73. The maximum absolute atomic E-state index is 9.06. The molecule has 0 atom stereocenters. The van der Waals surface area contributed by atoms with Crippen LogP contribution < -0.4 is 0 Å². The lowest BCUT2D eigenvalue weighted by atomic mass is 11.0. The van der Waals surface area contributed by atoms with Gasteiger partial charge < -0.3 is 0 Å². The Morgan fingerprint density at radius 2 is 2.00 bits per heavy atom. The minimum atomic E-state index is 0.639. The highest BCUT2D eigenvalue weighted by molar-refractivity contribution is 5.63. The smallest absolute Gasteiger partial charge is 0.142 e. The van der Waals surface area contributed by atoms with Crippen molar-refractivity contribution in [1.29, 1.82) is 0 Å². The van der Waals surface area contributed by atoms with Crippen molar-refractivity contribution in [2.75, 3.05) is 0 Å². The van der Waals surface area contributed by atoms with Crippen molar-refractivity contribution < 1.29 is 4.79 Å². The summed E-state index contributed by atoms with van der Waals surface area (Å²) in [6.07, 6.45) is 1.83. The molecule has 1 nitrogen and oxygen atoms in total. The molecule has 0 aromatic rings. The Morgan fingerprint density at radius 1 is 1.75 bits per heavy atom. The number of carbonyl (C=O) groups excluding carboxylic acids is 1. The minimum absolute atomic E-state index is 0.639. The van der Waals surface area contributed by atoms with Gasteiger partial charge in [-0.3, -0.25) is 4.79 Å². The normalized spacial score (nSPS) is 5.00. The summed E-state index contributed by atoms with van der Waals surface area (Å²) in [5.74, 6) is 0. The Morgan fingerprint density at radius 3 is 2.00 bits per heavy atom. The molecule has 22 valence electrons. The second-order valence-electron chi connectivity index (χ2n) is 0.372. The lowest BCUT2D eigenvalue weighted by molar-refractivity contribution is -0.104. The van der Waals surface area contributed by atoms with Crippen LogP contribution in [0.25, 0.3) is 0 Å². The van der Waals surface area contributed by atoms with Crippen LogP contribution in [0, 0.1) is 0 Å². The molecule has 0 unspecified atom stereocenters. The zero-order valence-corrected chi connectivity index (χ0v) is 2.27. The highest BCUT2D eigenvalue weighted by atomic mass is 16.2. The van der Waals surface area contributed by atoms with E-state index in [1.54, 1.807) is 0 Å². The van der Waals surface area contributed by atoms with E-state index in [9.17, 15) is 0 Å². The largest absolute Gasteiger partial charge is 0.299 e. The van der Waals surface area contributed by atoms with E-state index in [1.807, 2.05) is 0 Å². The average molecular weight is 57.1 g/mol. The molecule has 0 aliphatic heterocycles. The van der Waals surface area contributed by atoms with Gasteiger partial charge >= 0.3 is 0 Å². The Labute approximate surface area is 24.9 Å². The predicted molar refractivity (Wildman–Crippen MR) is 16.3 cm³/mol. The number of aldehydes is 1. The number of hydrogen-bond acceptors (Lipinski definition) is 1. The van der Waals surface area contributed by atoms with E-state index in [-0.39, 0.29) is 0 Å². The van der Waals surface area contributed by atoms with Gasteiger partial charge in [0, 0.05) is 0 Å². The molecule has 0 rings (SSSR count). The molecule has 0 N–H and O–H groups in total. The van der Waals surface area contributed by atoms with E-state index in [1.165, 1.54) is 6.08 Å². The fourth-order valence-electron chi connectivity index (χ4n) is 0. The molecule has 0 spiro atoms. The molecule has 0 radical (unpaired) electrons. The van der Waals surface area contributed by atoms with Crippen LogP contribution in [0.15, 0.2) is 12.7 Å². The molecule has 0 heterocycles. The summed E-state index contributed by atoms with van der Waals surface area (Å²) in [4.78, 5) is 9.06. The zero-order valence-electron chi connectivity index (χ0n) is 2.27. The molecule has 1 heteroatoms. The summed E-state index contributed by atoms with van der Waals surface area (Å²) >= 11 is 0. The fourth-order valence-corrected chi connectivity index (χ4v) is 0. The monoisotopic (exact) mass is 57.0 g/mol. The molecule has 0 aliphatic carbocycles. The summed E-state index contributed by atoms with van der Waals surface area (Å²) in [6, 6.07) is 0. The van der Waals surface area contributed by atoms with Gasteiger partial charge in [0.05, 0.1) is 0 Å². The van der Waals surface area contributed by atoms with Gasteiger partial charge in [0.1, 0.15) is 6.29 Å². The summed E-state index contributed by atoms with van der Waals surface area (Å²) in [5, 5.41) is 0. The summed E-state index contributed by atoms with van der Waals surface area (Å²) < 4.78 is 0. The first-order chi connectivity index (χ1) is 1.91. The number of carbonyl (C=O) groups is 1. The first kappa shape index (κ1) is 3.41. The highest BCUT2D eigenvalue weighted by Gasteiger charge is 1.38. The molecule has 0 saturated heterocycles. The summed E-state index contributed by atoms with van der Waals surface area (Å²) in [7, 11) is 0. The highest BCUT2D eigenvalue weighted by Crippen LogP contribution is 1.35. The second kappa shape index (κ2) is 2.41. The van der Waals surface area contributed by atoms with Crippen molar-refractivity contribution >= 4 is 6.29 Å². The van der Waals surface area contributed by atoms with Crippen LogP contribution in [0.2, 0.25) is 0 Å². The summed E-state index contributed by atoms with van der Waals surface area (Å²) in [6.45, 7) is 3.11. The van der Waals surface area contributed by atoms with Crippen LogP contribution >= 0.6 is 0 Å². The van der Waals surface area contributed by atoms with Gasteiger partial charge in [-0.25, -0.2) is 0 Å². The fraction of sp³-hybridized carbons (Fsp3) is 0. The molecule has 0 aromatic heterocycles. The van der Waals surface area contributed by atoms with Crippen LogP contribution in [0.3, 0.4) is 0 Å². The zero-order chi connectivity index (χ0) is 3.41. The quantitative estimate of drug-likeness (QED) is 0.241. The molecule has 0 bridgehead atoms. The van der Waals surface area contributed by atoms with Crippen molar-refractivity contribution in [3.8, 4) is 0 Å². The molecule has 4 heavy (non-hydrogen) atoms. The van der Waals surface area contributed by atoms with Gasteiger partial charge in [-0.15, -0.1) is 0 Å². The lowest BCUT2D eigenvalue weighted by Gasteiger charge is -1.37. The van der Waals surface area contributed by atoms with Crippen LogP contribution in [0.4, 0.5) is 0 Å².